The zero-order chi connectivity index (χ0) is 46.1. The van der Waals surface area contributed by atoms with Gasteiger partial charge in [-0.25, -0.2) is 17.2 Å². The van der Waals surface area contributed by atoms with Crippen LogP contribution in [0.5, 0.6) is 0 Å². The van der Waals surface area contributed by atoms with E-state index in [1.165, 1.54) is 54.1 Å². The van der Waals surface area contributed by atoms with E-state index in [0.717, 1.165) is 5.56 Å². The zero-order valence-corrected chi connectivity index (χ0v) is 35.4. The number of nitrogens with zero attached hydrogens (tertiary/aromatic N) is 2. The summed E-state index contributed by atoms with van der Waals surface area (Å²) < 4.78 is 56.5. The highest BCUT2D eigenvalue weighted by molar-refractivity contribution is 8.28. The van der Waals surface area contributed by atoms with E-state index in [1.807, 2.05) is 0 Å². The van der Waals surface area contributed by atoms with Crippen molar-refractivity contribution in [2.75, 3.05) is 4.31 Å². The molecule has 39 heteroatoms. The molecule has 0 saturated carbocycles. The quantitative estimate of drug-likeness (QED) is 0.114. The molecule has 33 radical (unpaired) electrons. The van der Waals surface area contributed by atoms with Crippen molar-refractivity contribution in [2.24, 2.45) is 0 Å². The summed E-state index contributed by atoms with van der Waals surface area (Å²) in [5.41, 5.74) is 1.56. The largest absolute Gasteiger partial charge is 0.265 e. The minimum Gasteiger partial charge on any atom is -0.265 e. The van der Waals surface area contributed by atoms with E-state index < -0.39 is 117 Å². The summed E-state index contributed by atoms with van der Waals surface area (Å²) in [7, 11) is 94.1. The number of fused-ring (bicyclic) bond motifs is 1. The lowest BCUT2D eigenvalue weighted by Gasteiger charge is -2.50. The third-order valence-electron chi connectivity index (χ3n) is 11.3. The van der Waals surface area contributed by atoms with Crippen molar-refractivity contribution in [3.8, 4) is 0 Å². The molecule has 0 amide bonds. The van der Waals surface area contributed by atoms with Crippen LogP contribution in [0.25, 0.3) is 0 Å². The first-order chi connectivity index (χ1) is 28.5. The van der Waals surface area contributed by atoms with Crippen LogP contribution in [0.15, 0.2) is 65.8 Å². The van der Waals surface area contributed by atoms with Crippen molar-refractivity contribution >= 4 is 248 Å². The molecule has 1 atom stereocenters. The highest BCUT2D eigenvalue weighted by atomic mass is 35.5. The molecule has 1 aliphatic heterocycles. The second kappa shape index (κ2) is 24.9. The Morgan fingerprint density at radius 1 is 0.672 bits per heavy atom. The maximum Gasteiger partial charge on any atom is 0.264 e. The number of sulfonamides is 1. The lowest BCUT2D eigenvalue weighted by atomic mass is 8.31. The van der Waals surface area contributed by atoms with Gasteiger partial charge in [0.1, 0.15) is 11.6 Å². The van der Waals surface area contributed by atoms with Crippen molar-refractivity contribution in [3.05, 3.63) is 88.7 Å². The molecule has 1 unspecified atom stereocenters. The number of aryl methyl sites for hydroxylation is 2. The summed E-state index contributed by atoms with van der Waals surface area (Å²) in [6.45, 7) is 0. The van der Waals surface area contributed by atoms with Crippen LogP contribution < -0.4 is 4.31 Å². The van der Waals surface area contributed by atoms with Gasteiger partial charge in [0.2, 0.25) is 0 Å². The molecule has 0 aliphatic carbocycles. The predicted molar refractivity (Wildman–Crippen MR) is 291 cm³/mol. The summed E-state index contributed by atoms with van der Waals surface area (Å²) >= 11 is 5.82. The van der Waals surface area contributed by atoms with Crippen LogP contribution >= 0.6 is 11.6 Å². The van der Waals surface area contributed by atoms with E-state index in [2.05, 4.69) is 4.98 Å². The molecule has 4 nitrogen and oxygen atoms in total. The summed E-state index contributed by atoms with van der Waals surface area (Å²) in [5, 5.41) is 0.306. The van der Waals surface area contributed by atoms with E-state index in [9.17, 15) is 17.2 Å². The van der Waals surface area contributed by atoms with Crippen molar-refractivity contribution in [2.45, 2.75) is 36.6 Å². The monoisotopic (exact) mass is 789 g/mol. The van der Waals surface area contributed by atoms with Crippen LogP contribution in [0, 0.1) is 11.6 Å². The summed E-state index contributed by atoms with van der Waals surface area (Å²) in [5.74, 6) is -0.929. The van der Waals surface area contributed by atoms with Crippen LogP contribution in [-0.2, 0) is 22.9 Å². The normalized spacial score (nSPS) is 12.8. The van der Waals surface area contributed by atoms with Gasteiger partial charge in [-0.15, -0.1) is 0 Å². The fourth-order valence-electron chi connectivity index (χ4n) is 8.59. The van der Waals surface area contributed by atoms with Gasteiger partial charge in [-0.3, -0.25) is 9.29 Å². The van der Waals surface area contributed by atoms with Crippen molar-refractivity contribution < 1.29 is 17.2 Å². The number of aromatic nitrogens is 1. The molecule has 61 heavy (non-hydrogen) atoms. The molecule has 3 aromatic rings. The van der Waals surface area contributed by atoms with Crippen LogP contribution in [0.2, 0.25) is 5.02 Å². The smallest absolute Gasteiger partial charge is 0.264 e. The number of anilines is 1. The number of hydrogen-bond donors (Lipinski definition) is 0. The summed E-state index contributed by atoms with van der Waals surface area (Å²) in [4.78, 5) is 3.96. The topological polar surface area (TPSA) is 50.3 Å². The van der Waals surface area contributed by atoms with E-state index in [4.69, 9.17) is 135 Å². The van der Waals surface area contributed by atoms with Crippen LogP contribution in [-0.4, -0.2) is 240 Å². The van der Waals surface area contributed by atoms with Gasteiger partial charge >= 0.3 is 0 Å². The standard InChI is InChI=1S/C22H19ClF2N2O2S.B31/c23-17-5-1-15(21(25)13-17)3-7-19-8-4-16-2-6-18(24)14-22(16)27(19)30(28,29)20-9-11-26-12-10-20;1-17-25(16)29(24(14)15)31(28(22(10)11)23(12)13)30(26(18(2)3)19(4)5)27(20(6)7)21(8)9/h1-2,5-6,9-14,19H,3-4,7-8H2;. The van der Waals surface area contributed by atoms with E-state index in [0.29, 0.717) is 42.0 Å². The van der Waals surface area contributed by atoms with Crippen LogP contribution in [0.4, 0.5) is 14.5 Å². The Labute approximate surface area is 396 Å². The van der Waals surface area contributed by atoms with Crippen LogP contribution in [0.1, 0.15) is 24.0 Å². The molecule has 1 aliphatic rings. The lowest BCUT2D eigenvalue weighted by molar-refractivity contribution is 0.515. The molecule has 0 saturated heterocycles. The van der Waals surface area contributed by atoms with Gasteiger partial charge < -0.3 is 0 Å². The Morgan fingerprint density at radius 2 is 1.15 bits per heavy atom. The fraction of sp³-hybridized carbons (Fsp3) is 0.227. The summed E-state index contributed by atoms with van der Waals surface area (Å²) in [6.07, 6.45) is -8.70. The lowest BCUT2D eigenvalue weighted by Crippen LogP contribution is -2.89. The SMILES string of the molecule is O=S(=O)(c1ccncc1)N1c2cc(F)ccc2CCC1CCc1ccc(Cl)cc1F.[B][B]B([B])B(B([B])[B])B(B(B([B])[B])B([B])[B])B(B(B([B])[B])B([B])[B])B(B([B])[B])B([B])[B]. The molecular weight excluding hydrogens is 765 g/mol. The van der Waals surface area contributed by atoms with Crippen LogP contribution in [0.3, 0.4) is 0 Å². The molecule has 2 heterocycles. The molecular formula is C22H19B31ClF2N2O2S. The average Bonchev–Trinajstić information content (AvgIpc) is 3.16. The van der Waals surface area contributed by atoms with Gasteiger partial charge in [-0.1, -0.05) is 23.7 Å². The highest BCUT2D eigenvalue weighted by Gasteiger charge is 2.53. The van der Waals surface area contributed by atoms with Gasteiger partial charge in [0.05, 0.1) is 10.6 Å². The first-order valence-electron chi connectivity index (χ1n) is 19.5. The maximum absolute atomic E-state index is 14.2. The van der Waals surface area contributed by atoms with E-state index >= 15 is 0 Å². The second-order valence-electron chi connectivity index (χ2n) is 15.5. The van der Waals surface area contributed by atoms with Gasteiger partial charge in [0.15, 0.2) is 0 Å². The van der Waals surface area contributed by atoms with Gasteiger partial charge in [-0.05, 0) is 73.2 Å². The fourth-order valence-corrected chi connectivity index (χ4v) is 10.5. The minimum atomic E-state index is -3.95. The van der Waals surface area contributed by atoms with Gasteiger partial charge in [0, 0.05) is 244 Å². The predicted octanol–water partition coefficient (Wildman–Crippen LogP) is -6.65. The highest BCUT2D eigenvalue weighted by Crippen LogP contribution is 2.37. The molecule has 249 valence electrons. The van der Waals surface area contributed by atoms with Gasteiger partial charge in [0.25, 0.3) is 10.0 Å². The number of halogens is 3. The van der Waals surface area contributed by atoms with Crippen molar-refractivity contribution in [1.29, 1.82) is 0 Å². The molecule has 0 fully saturated rings. The van der Waals surface area contributed by atoms with Crippen molar-refractivity contribution in [1.82, 2.24) is 4.98 Å². The molecule has 0 N–H and O–H groups in total. The Bertz CT molecular complexity index is 1890. The number of pyridine rings is 1. The Balaban J connectivity index is 0.000000325. The van der Waals surface area contributed by atoms with Crippen molar-refractivity contribution in [3.63, 3.8) is 0 Å². The molecule has 0 spiro atoms. The Hall–Kier alpha value is -0.497. The van der Waals surface area contributed by atoms with E-state index in [1.54, 1.807) is 18.2 Å². The Morgan fingerprint density at radius 3 is 1.59 bits per heavy atom. The first kappa shape index (κ1) is 54.8. The third-order valence-corrected chi connectivity index (χ3v) is 13.4. The molecule has 2 aromatic carbocycles. The first-order valence-corrected chi connectivity index (χ1v) is 21.3. The minimum absolute atomic E-state index is 0.0808. The number of hydrogen-bond acceptors (Lipinski definition) is 3. The third kappa shape index (κ3) is 14.3. The second-order valence-corrected chi connectivity index (χ2v) is 17.8. The number of benzene rings is 2. The van der Waals surface area contributed by atoms with E-state index in [-0.39, 0.29) is 4.90 Å². The maximum atomic E-state index is 14.2. The average molecular weight is 784 g/mol. The zero-order valence-electron chi connectivity index (χ0n) is 33.8. The summed E-state index contributed by atoms with van der Waals surface area (Å²) in [6, 6.07) is 11.1. The Kier molecular flexibility index (Phi) is 22.4. The molecule has 0 bridgehead atoms. The number of rotatable bonds is 19. The van der Waals surface area contributed by atoms with Gasteiger partial charge in [-0.2, -0.15) is 0 Å². The molecule has 1 aromatic heterocycles. The molecule has 4 rings (SSSR count).